The van der Waals surface area contributed by atoms with Gasteiger partial charge in [-0.2, -0.15) is 5.10 Å². The van der Waals surface area contributed by atoms with E-state index in [9.17, 15) is 9.59 Å². The average Bonchev–Trinajstić information content (AvgIpc) is 3.69. The minimum Gasteiger partial charge on any atom is -0.341 e. The van der Waals surface area contributed by atoms with E-state index in [1.165, 1.54) is 11.1 Å². The Morgan fingerprint density at radius 3 is 2.46 bits per heavy atom. The lowest BCUT2D eigenvalue weighted by atomic mass is 9.77. The van der Waals surface area contributed by atoms with E-state index in [-0.39, 0.29) is 17.7 Å². The van der Waals surface area contributed by atoms with Crippen molar-refractivity contribution < 1.29 is 9.59 Å². The summed E-state index contributed by atoms with van der Waals surface area (Å²) >= 11 is 0. The second-order valence-electron chi connectivity index (χ2n) is 10.3. The second-order valence-corrected chi connectivity index (χ2v) is 10.3. The van der Waals surface area contributed by atoms with Crippen LogP contribution in [0.3, 0.4) is 0 Å². The molecular weight excluding hydrogens is 436 g/mol. The van der Waals surface area contributed by atoms with Crippen LogP contribution in [0.5, 0.6) is 0 Å². The number of H-pyrrole nitrogens is 1. The molecule has 6 nitrogen and oxygen atoms in total. The van der Waals surface area contributed by atoms with Crippen LogP contribution in [0.25, 0.3) is 0 Å². The van der Waals surface area contributed by atoms with Gasteiger partial charge >= 0.3 is 0 Å². The molecule has 0 spiro atoms. The third-order valence-corrected chi connectivity index (χ3v) is 8.39. The van der Waals surface area contributed by atoms with Crippen molar-refractivity contribution in [3.05, 3.63) is 88.7 Å². The summed E-state index contributed by atoms with van der Waals surface area (Å²) in [6, 6.07) is 18.7. The lowest BCUT2D eigenvalue weighted by molar-refractivity contribution is -0.136. The van der Waals surface area contributed by atoms with E-state index in [2.05, 4.69) is 40.5 Å². The van der Waals surface area contributed by atoms with Crippen LogP contribution in [0.4, 0.5) is 0 Å². The molecule has 180 valence electrons. The number of likely N-dealkylation sites (tertiary alicyclic amines) is 1. The van der Waals surface area contributed by atoms with E-state index in [4.69, 9.17) is 0 Å². The monoisotopic (exact) mass is 468 g/mol. The Balaban J connectivity index is 1.19. The van der Waals surface area contributed by atoms with Crippen molar-refractivity contribution in [2.24, 2.45) is 0 Å². The van der Waals surface area contributed by atoms with Crippen LogP contribution in [0.2, 0.25) is 0 Å². The van der Waals surface area contributed by atoms with Gasteiger partial charge in [-0.05, 0) is 42.4 Å². The smallest absolute Gasteiger partial charge is 0.257 e. The number of amides is 2. The number of hydrogen-bond donors (Lipinski definition) is 1. The number of aromatic nitrogens is 2. The molecule has 2 aliphatic heterocycles. The molecule has 2 aromatic carbocycles. The van der Waals surface area contributed by atoms with Crippen LogP contribution in [0.15, 0.2) is 60.8 Å². The largest absolute Gasteiger partial charge is 0.341 e. The zero-order chi connectivity index (χ0) is 23.8. The van der Waals surface area contributed by atoms with Crippen molar-refractivity contribution in [2.45, 2.75) is 56.4 Å². The first-order valence-electron chi connectivity index (χ1n) is 12.9. The van der Waals surface area contributed by atoms with Crippen molar-refractivity contribution in [3.63, 3.8) is 0 Å². The molecule has 1 atom stereocenters. The van der Waals surface area contributed by atoms with E-state index < -0.39 is 5.41 Å². The standard InChI is InChI=1S/C29H32N4O2/c34-27(32-16-12-21-8-4-5-9-22(21)19-32)25-18-30-31-26(25)23-13-17-33(20-23)28(35)29(14-6-7-15-29)24-10-2-1-3-11-24/h1-5,8-11,18,23H,6-7,12-17,19-20H2,(H,30,31)/t23-/m1/s1. The molecule has 2 fully saturated rings. The highest BCUT2D eigenvalue weighted by molar-refractivity contribution is 5.95. The highest BCUT2D eigenvalue weighted by atomic mass is 16.2. The molecule has 1 saturated heterocycles. The molecule has 0 unspecified atom stereocenters. The molecular formula is C29H32N4O2. The Kier molecular flexibility index (Phi) is 5.67. The molecule has 35 heavy (non-hydrogen) atoms. The van der Waals surface area contributed by atoms with Gasteiger partial charge in [0.1, 0.15) is 0 Å². The van der Waals surface area contributed by atoms with E-state index in [0.717, 1.165) is 62.9 Å². The summed E-state index contributed by atoms with van der Waals surface area (Å²) in [6.07, 6.45) is 7.42. The lowest BCUT2D eigenvalue weighted by Crippen LogP contribution is -2.44. The zero-order valence-corrected chi connectivity index (χ0v) is 20.1. The number of rotatable bonds is 4. The molecule has 0 bridgehead atoms. The summed E-state index contributed by atoms with van der Waals surface area (Å²) in [4.78, 5) is 31.4. The highest BCUT2D eigenvalue weighted by Crippen LogP contribution is 2.44. The third kappa shape index (κ3) is 3.85. The Bertz CT molecular complexity index is 1230. The Morgan fingerprint density at radius 1 is 0.914 bits per heavy atom. The maximum absolute atomic E-state index is 13.9. The van der Waals surface area contributed by atoms with Crippen LogP contribution in [0, 0.1) is 0 Å². The molecule has 6 rings (SSSR count). The SMILES string of the molecule is O=C(c1cn[nH]c1[C@@H]1CCN(C(=O)C2(c3ccccc3)CCCC2)C1)N1CCc2ccccc2C1. The number of carbonyl (C=O) groups is 2. The van der Waals surface area contributed by atoms with Gasteiger partial charge in [-0.25, -0.2) is 0 Å². The quantitative estimate of drug-likeness (QED) is 0.616. The number of nitrogens with zero attached hydrogens (tertiary/aromatic N) is 3. The first-order valence-corrected chi connectivity index (χ1v) is 12.9. The van der Waals surface area contributed by atoms with E-state index >= 15 is 0 Å². The third-order valence-electron chi connectivity index (χ3n) is 8.39. The number of hydrogen-bond acceptors (Lipinski definition) is 3. The number of aromatic amines is 1. The van der Waals surface area contributed by atoms with Crippen molar-refractivity contribution in [3.8, 4) is 0 Å². The maximum Gasteiger partial charge on any atom is 0.257 e. The molecule has 1 aromatic heterocycles. The Hall–Kier alpha value is -3.41. The van der Waals surface area contributed by atoms with Crippen molar-refractivity contribution in [1.82, 2.24) is 20.0 Å². The van der Waals surface area contributed by atoms with Crippen LogP contribution >= 0.6 is 0 Å². The molecule has 3 heterocycles. The Morgan fingerprint density at radius 2 is 1.66 bits per heavy atom. The van der Waals surface area contributed by atoms with Gasteiger partial charge in [0.25, 0.3) is 5.91 Å². The van der Waals surface area contributed by atoms with Gasteiger partial charge in [0, 0.05) is 32.1 Å². The molecule has 1 saturated carbocycles. The summed E-state index contributed by atoms with van der Waals surface area (Å²) in [6.45, 7) is 2.71. The predicted octanol–water partition coefficient (Wildman–Crippen LogP) is 4.44. The zero-order valence-electron chi connectivity index (χ0n) is 20.1. The summed E-state index contributed by atoms with van der Waals surface area (Å²) in [7, 11) is 0. The fourth-order valence-electron chi connectivity index (χ4n) is 6.46. The van der Waals surface area contributed by atoms with Crippen LogP contribution in [-0.4, -0.2) is 51.4 Å². The molecule has 0 radical (unpaired) electrons. The number of nitrogens with one attached hydrogen (secondary N) is 1. The van der Waals surface area contributed by atoms with Gasteiger partial charge in [-0.1, -0.05) is 67.4 Å². The van der Waals surface area contributed by atoms with E-state index in [1.54, 1.807) is 6.20 Å². The molecule has 3 aliphatic rings. The lowest BCUT2D eigenvalue weighted by Gasteiger charge is -2.33. The van der Waals surface area contributed by atoms with Gasteiger partial charge in [0.15, 0.2) is 0 Å². The van der Waals surface area contributed by atoms with Crippen LogP contribution in [0.1, 0.15) is 70.8 Å². The normalized spacial score (nSPS) is 21.2. The summed E-state index contributed by atoms with van der Waals surface area (Å²) in [5.41, 5.74) is 4.83. The summed E-state index contributed by atoms with van der Waals surface area (Å²) in [5, 5.41) is 7.38. The number of benzene rings is 2. The van der Waals surface area contributed by atoms with Crippen molar-refractivity contribution in [2.75, 3.05) is 19.6 Å². The number of fused-ring (bicyclic) bond motifs is 1. The number of carbonyl (C=O) groups excluding carboxylic acids is 2. The first-order chi connectivity index (χ1) is 17.2. The van der Waals surface area contributed by atoms with Gasteiger partial charge in [0.05, 0.1) is 22.9 Å². The van der Waals surface area contributed by atoms with Crippen molar-refractivity contribution >= 4 is 11.8 Å². The van der Waals surface area contributed by atoms with E-state index in [0.29, 0.717) is 18.7 Å². The first kappa shape index (κ1) is 22.1. The summed E-state index contributed by atoms with van der Waals surface area (Å²) < 4.78 is 0. The topological polar surface area (TPSA) is 69.3 Å². The molecule has 3 aromatic rings. The van der Waals surface area contributed by atoms with Gasteiger partial charge in [0.2, 0.25) is 5.91 Å². The minimum atomic E-state index is -0.399. The van der Waals surface area contributed by atoms with Gasteiger partial charge < -0.3 is 9.80 Å². The van der Waals surface area contributed by atoms with Gasteiger partial charge in [-0.15, -0.1) is 0 Å². The van der Waals surface area contributed by atoms with Crippen LogP contribution in [-0.2, 0) is 23.2 Å². The predicted molar refractivity (Wildman–Crippen MR) is 134 cm³/mol. The molecule has 2 amide bonds. The minimum absolute atomic E-state index is 0.0320. The maximum atomic E-state index is 13.9. The fraction of sp³-hybridized carbons (Fsp3) is 0.414. The molecule has 1 N–H and O–H groups in total. The average molecular weight is 469 g/mol. The van der Waals surface area contributed by atoms with Gasteiger partial charge in [-0.3, -0.25) is 14.7 Å². The molecule has 6 heteroatoms. The molecule has 1 aliphatic carbocycles. The second kappa shape index (κ2) is 8.99. The highest BCUT2D eigenvalue weighted by Gasteiger charge is 2.46. The van der Waals surface area contributed by atoms with Crippen LogP contribution < -0.4 is 0 Å². The Labute approximate surface area is 206 Å². The fourth-order valence-corrected chi connectivity index (χ4v) is 6.46. The van der Waals surface area contributed by atoms with E-state index in [1.807, 2.05) is 34.1 Å². The summed E-state index contributed by atoms with van der Waals surface area (Å²) in [5.74, 6) is 0.389. The van der Waals surface area contributed by atoms with Crippen molar-refractivity contribution in [1.29, 1.82) is 0 Å².